The molecule has 8 nitrogen and oxygen atoms in total. The minimum atomic E-state index is -4.47. The molecule has 0 atom stereocenters. The van der Waals surface area contributed by atoms with Crippen LogP contribution < -0.4 is 17.1 Å². The minimum absolute atomic E-state index is 0.00298. The number of rotatable bonds is 4. The fraction of sp³-hybridized carbons (Fsp3) is 0.167. The molecule has 2 rings (SSSR count). The highest BCUT2D eigenvalue weighted by atomic mass is 32.2. The van der Waals surface area contributed by atoms with Crippen molar-refractivity contribution in [3.8, 4) is 0 Å². The SMILES string of the molecule is NCc1cc2oc(=O)c(CC(N)=O)cc2cc1S(=O)(=O)O. The van der Waals surface area contributed by atoms with Crippen LogP contribution in [0.15, 0.2) is 32.3 Å². The van der Waals surface area contributed by atoms with E-state index in [1.807, 2.05) is 0 Å². The Hall–Kier alpha value is -2.23. The van der Waals surface area contributed by atoms with Gasteiger partial charge in [-0.05, 0) is 23.8 Å². The number of nitrogens with two attached hydrogens (primary N) is 2. The quantitative estimate of drug-likeness (QED) is 0.509. The van der Waals surface area contributed by atoms with Crippen molar-refractivity contribution in [3.05, 3.63) is 39.7 Å². The van der Waals surface area contributed by atoms with E-state index < -0.39 is 21.7 Å². The van der Waals surface area contributed by atoms with Crippen molar-refractivity contribution in [1.29, 1.82) is 0 Å². The number of hydrogen-bond acceptors (Lipinski definition) is 6. The highest BCUT2D eigenvalue weighted by molar-refractivity contribution is 7.85. The van der Waals surface area contributed by atoms with E-state index in [4.69, 9.17) is 15.9 Å². The average Bonchev–Trinajstić information content (AvgIpc) is 2.36. The topological polar surface area (TPSA) is 154 Å². The molecule has 0 saturated carbocycles. The Morgan fingerprint density at radius 3 is 2.43 bits per heavy atom. The molecule has 1 amide bonds. The van der Waals surface area contributed by atoms with E-state index in [-0.39, 0.29) is 40.0 Å². The lowest BCUT2D eigenvalue weighted by atomic mass is 10.1. The predicted molar refractivity (Wildman–Crippen MR) is 73.1 cm³/mol. The van der Waals surface area contributed by atoms with E-state index in [2.05, 4.69) is 0 Å². The normalized spacial score (nSPS) is 11.7. The average molecular weight is 312 g/mol. The third kappa shape index (κ3) is 3.10. The molecule has 2 aromatic rings. The van der Waals surface area contributed by atoms with Crippen molar-refractivity contribution in [2.45, 2.75) is 17.9 Å². The van der Waals surface area contributed by atoms with Crippen LogP contribution in [0.4, 0.5) is 0 Å². The molecule has 0 saturated heterocycles. The van der Waals surface area contributed by atoms with Crippen molar-refractivity contribution >= 4 is 27.0 Å². The van der Waals surface area contributed by atoms with E-state index in [0.717, 1.165) is 6.07 Å². The van der Waals surface area contributed by atoms with E-state index in [1.54, 1.807) is 0 Å². The molecule has 0 aliphatic heterocycles. The molecule has 1 heterocycles. The highest BCUT2D eigenvalue weighted by Gasteiger charge is 2.18. The smallest absolute Gasteiger partial charge is 0.339 e. The third-order valence-corrected chi connectivity index (χ3v) is 3.79. The lowest BCUT2D eigenvalue weighted by Crippen LogP contribution is -2.19. The van der Waals surface area contributed by atoms with Gasteiger partial charge in [-0.2, -0.15) is 8.42 Å². The van der Waals surface area contributed by atoms with Gasteiger partial charge in [0.2, 0.25) is 5.91 Å². The number of carbonyl (C=O) groups is 1. The Balaban J connectivity index is 2.78. The van der Waals surface area contributed by atoms with Crippen LogP contribution in [-0.2, 0) is 27.9 Å². The Morgan fingerprint density at radius 2 is 1.90 bits per heavy atom. The van der Waals surface area contributed by atoms with Crippen molar-refractivity contribution < 1.29 is 22.2 Å². The lowest BCUT2D eigenvalue weighted by molar-refractivity contribution is -0.117. The van der Waals surface area contributed by atoms with Crippen LogP contribution in [0.3, 0.4) is 0 Å². The van der Waals surface area contributed by atoms with E-state index in [0.29, 0.717) is 0 Å². The number of primary amides is 1. The summed E-state index contributed by atoms with van der Waals surface area (Å²) in [4.78, 5) is 22.2. The summed E-state index contributed by atoms with van der Waals surface area (Å²) in [7, 11) is -4.47. The van der Waals surface area contributed by atoms with Gasteiger partial charge in [0.1, 0.15) is 5.58 Å². The van der Waals surface area contributed by atoms with Gasteiger partial charge in [0.05, 0.1) is 11.3 Å². The number of carbonyl (C=O) groups excluding carboxylic acids is 1. The summed E-state index contributed by atoms with van der Waals surface area (Å²) in [6.07, 6.45) is -0.335. The molecule has 1 aromatic heterocycles. The Morgan fingerprint density at radius 1 is 1.24 bits per heavy atom. The zero-order valence-electron chi connectivity index (χ0n) is 10.7. The third-order valence-electron chi connectivity index (χ3n) is 2.85. The summed E-state index contributed by atoms with van der Waals surface area (Å²) in [5, 5.41) is 0.232. The first-order valence-electron chi connectivity index (χ1n) is 5.78. The van der Waals surface area contributed by atoms with E-state index in [1.165, 1.54) is 12.1 Å². The van der Waals surface area contributed by atoms with Gasteiger partial charge in [-0.3, -0.25) is 9.35 Å². The summed E-state index contributed by atoms with van der Waals surface area (Å²) < 4.78 is 36.8. The fourth-order valence-electron chi connectivity index (χ4n) is 1.94. The maximum Gasteiger partial charge on any atom is 0.339 e. The molecule has 5 N–H and O–H groups in total. The van der Waals surface area contributed by atoms with Crippen LogP contribution in [0, 0.1) is 0 Å². The highest BCUT2D eigenvalue weighted by Crippen LogP contribution is 2.23. The molecule has 0 unspecified atom stereocenters. The molecule has 9 heteroatoms. The Bertz CT molecular complexity index is 884. The van der Waals surface area contributed by atoms with Gasteiger partial charge in [0, 0.05) is 17.5 Å². The lowest BCUT2D eigenvalue weighted by Gasteiger charge is -2.07. The zero-order valence-corrected chi connectivity index (χ0v) is 11.5. The predicted octanol–water partition coefficient (Wildman–Crippen LogP) is -0.474. The van der Waals surface area contributed by atoms with Gasteiger partial charge >= 0.3 is 5.63 Å². The molecular formula is C12H12N2O6S. The molecule has 0 aliphatic carbocycles. The van der Waals surface area contributed by atoms with Gasteiger partial charge in [-0.25, -0.2) is 4.79 Å². The molecule has 0 radical (unpaired) electrons. The first-order valence-corrected chi connectivity index (χ1v) is 7.22. The molecule has 0 fully saturated rings. The number of amides is 1. The zero-order chi connectivity index (χ0) is 15.8. The molecule has 0 spiro atoms. The van der Waals surface area contributed by atoms with Gasteiger partial charge in [-0.1, -0.05) is 0 Å². The van der Waals surface area contributed by atoms with Crippen molar-refractivity contribution in [2.75, 3.05) is 0 Å². The maximum atomic E-state index is 11.7. The van der Waals surface area contributed by atoms with E-state index >= 15 is 0 Å². The Labute approximate surface area is 119 Å². The number of hydrogen-bond donors (Lipinski definition) is 3. The first kappa shape index (κ1) is 15.2. The summed E-state index contributed by atoms with van der Waals surface area (Å²) >= 11 is 0. The summed E-state index contributed by atoms with van der Waals surface area (Å²) in [6.45, 7) is -0.169. The van der Waals surface area contributed by atoms with Gasteiger partial charge in [0.25, 0.3) is 10.1 Å². The summed E-state index contributed by atoms with van der Waals surface area (Å²) in [6, 6.07) is 3.68. The van der Waals surface area contributed by atoms with Gasteiger partial charge < -0.3 is 15.9 Å². The fourth-order valence-corrected chi connectivity index (χ4v) is 2.69. The van der Waals surface area contributed by atoms with Crippen LogP contribution in [-0.4, -0.2) is 18.9 Å². The largest absolute Gasteiger partial charge is 0.423 e. The van der Waals surface area contributed by atoms with Crippen LogP contribution in [0.1, 0.15) is 11.1 Å². The van der Waals surface area contributed by atoms with Gasteiger partial charge in [-0.15, -0.1) is 0 Å². The van der Waals surface area contributed by atoms with Crippen molar-refractivity contribution in [1.82, 2.24) is 0 Å². The van der Waals surface area contributed by atoms with Crippen molar-refractivity contribution in [3.63, 3.8) is 0 Å². The molecule has 0 bridgehead atoms. The maximum absolute atomic E-state index is 11.7. The van der Waals surface area contributed by atoms with Crippen molar-refractivity contribution in [2.24, 2.45) is 11.5 Å². The first-order chi connectivity index (χ1) is 9.72. The number of benzene rings is 1. The molecule has 1 aromatic carbocycles. The van der Waals surface area contributed by atoms with Crippen LogP contribution >= 0.6 is 0 Å². The van der Waals surface area contributed by atoms with Crippen LogP contribution in [0.2, 0.25) is 0 Å². The summed E-state index contributed by atoms with van der Waals surface area (Å²) in [5.74, 6) is -0.727. The van der Waals surface area contributed by atoms with E-state index in [9.17, 15) is 22.6 Å². The minimum Gasteiger partial charge on any atom is -0.423 e. The summed E-state index contributed by atoms with van der Waals surface area (Å²) in [5.41, 5.74) is 9.88. The second-order valence-electron chi connectivity index (χ2n) is 4.38. The molecular weight excluding hydrogens is 300 g/mol. The van der Waals surface area contributed by atoms with Crippen LogP contribution in [0.5, 0.6) is 0 Å². The molecule has 112 valence electrons. The second kappa shape index (κ2) is 5.28. The monoisotopic (exact) mass is 312 g/mol. The Kier molecular flexibility index (Phi) is 3.81. The molecule has 21 heavy (non-hydrogen) atoms. The molecule has 0 aliphatic rings. The van der Waals surface area contributed by atoms with Crippen LogP contribution in [0.25, 0.3) is 11.0 Å². The standard InChI is InChI=1S/C12H12N2O6S/c13-5-8-2-9-6(3-10(8)21(17,18)19)1-7(4-11(14)15)12(16)20-9/h1-3H,4-5,13H2,(H2,14,15)(H,17,18,19). The number of fused-ring (bicyclic) bond motifs is 1. The van der Waals surface area contributed by atoms with Gasteiger partial charge in [0.15, 0.2) is 0 Å². The second-order valence-corrected chi connectivity index (χ2v) is 5.77.